The summed E-state index contributed by atoms with van der Waals surface area (Å²) in [5.41, 5.74) is 0.825. The molecular weight excluding hydrogens is 194 g/mol. The Bertz CT molecular complexity index is 275. The Hall–Kier alpha value is -1.58. The third-order valence-electron chi connectivity index (χ3n) is 1.77. The fourth-order valence-corrected chi connectivity index (χ4v) is 1.04. The molecule has 0 saturated heterocycles. The van der Waals surface area contributed by atoms with E-state index in [-0.39, 0.29) is 5.75 Å². The molecular formula is C11H19NO3. The van der Waals surface area contributed by atoms with Crippen molar-refractivity contribution in [2.24, 2.45) is 0 Å². The number of nitrogens with one attached hydrogen (secondary N) is 1. The summed E-state index contributed by atoms with van der Waals surface area (Å²) < 4.78 is 9.92. The summed E-state index contributed by atoms with van der Waals surface area (Å²) in [5.74, 6) is 0.802. The number of benzene rings is 1. The molecule has 0 heterocycles. The highest BCUT2D eigenvalue weighted by atomic mass is 16.5. The van der Waals surface area contributed by atoms with Crippen molar-refractivity contribution >= 4 is 5.69 Å². The Balaban J connectivity index is 0.000000921. The van der Waals surface area contributed by atoms with Gasteiger partial charge in [-0.05, 0) is 0 Å². The fourth-order valence-electron chi connectivity index (χ4n) is 1.04. The summed E-state index contributed by atoms with van der Waals surface area (Å²) in [7, 11) is 4.77. The molecule has 0 unspecified atom stereocenters. The van der Waals surface area contributed by atoms with Gasteiger partial charge in [-0.1, -0.05) is 13.8 Å². The van der Waals surface area contributed by atoms with Gasteiger partial charge in [0.1, 0.15) is 0 Å². The number of hydrogen-bond donors (Lipinski definition) is 2. The third-order valence-corrected chi connectivity index (χ3v) is 1.77. The van der Waals surface area contributed by atoms with Crippen LogP contribution in [0.5, 0.6) is 17.2 Å². The zero-order chi connectivity index (χ0) is 11.8. The molecule has 0 aliphatic carbocycles. The molecule has 0 fully saturated rings. The van der Waals surface area contributed by atoms with E-state index in [4.69, 9.17) is 9.47 Å². The standard InChI is InChI=1S/C9H13NO3.C2H6/c1-10-6-4-7(12-2)9(11)8(5-6)13-3;1-2/h4-5,10-11H,1-3H3;1-2H3. The minimum atomic E-state index is 0.0176. The molecule has 0 aromatic heterocycles. The quantitative estimate of drug-likeness (QED) is 0.757. The van der Waals surface area contributed by atoms with Gasteiger partial charge in [0.15, 0.2) is 11.5 Å². The molecule has 1 rings (SSSR count). The summed E-state index contributed by atoms with van der Waals surface area (Å²) in [6, 6.07) is 3.38. The lowest BCUT2D eigenvalue weighted by molar-refractivity contribution is 0.340. The molecule has 0 bridgehead atoms. The second-order valence-electron chi connectivity index (χ2n) is 2.48. The number of hydrogen-bond acceptors (Lipinski definition) is 4. The fraction of sp³-hybridized carbons (Fsp3) is 0.455. The van der Waals surface area contributed by atoms with Crippen molar-refractivity contribution < 1.29 is 14.6 Å². The van der Waals surface area contributed by atoms with Crippen molar-refractivity contribution in [1.29, 1.82) is 0 Å². The second-order valence-corrected chi connectivity index (χ2v) is 2.48. The number of methoxy groups -OCH3 is 2. The second kappa shape index (κ2) is 6.81. The van der Waals surface area contributed by atoms with Crippen LogP contribution in [0, 0.1) is 0 Å². The van der Waals surface area contributed by atoms with Crippen molar-refractivity contribution in [3.8, 4) is 17.2 Å². The monoisotopic (exact) mass is 213 g/mol. The first-order chi connectivity index (χ1) is 7.22. The molecule has 0 saturated carbocycles. The average Bonchev–Trinajstić information content (AvgIpc) is 2.32. The summed E-state index contributed by atoms with van der Waals surface area (Å²) in [6.07, 6.45) is 0. The van der Waals surface area contributed by atoms with Gasteiger partial charge >= 0.3 is 0 Å². The maximum Gasteiger partial charge on any atom is 0.200 e. The minimum Gasteiger partial charge on any atom is -0.502 e. The number of phenols is 1. The Morgan fingerprint density at radius 2 is 1.47 bits per heavy atom. The number of ether oxygens (including phenoxy) is 2. The maximum absolute atomic E-state index is 9.53. The van der Waals surface area contributed by atoms with Crippen LogP contribution in [-0.2, 0) is 0 Å². The largest absolute Gasteiger partial charge is 0.502 e. The molecule has 4 heteroatoms. The van der Waals surface area contributed by atoms with Gasteiger partial charge in [-0.15, -0.1) is 0 Å². The van der Waals surface area contributed by atoms with E-state index in [0.717, 1.165) is 5.69 Å². The lowest BCUT2D eigenvalue weighted by Gasteiger charge is -2.10. The van der Waals surface area contributed by atoms with E-state index in [1.807, 2.05) is 13.8 Å². The molecule has 0 atom stereocenters. The van der Waals surface area contributed by atoms with Crippen LogP contribution in [0.15, 0.2) is 12.1 Å². The van der Waals surface area contributed by atoms with Gasteiger partial charge in [-0.3, -0.25) is 0 Å². The van der Waals surface area contributed by atoms with E-state index < -0.39 is 0 Å². The van der Waals surface area contributed by atoms with Crippen molar-refractivity contribution in [2.75, 3.05) is 26.6 Å². The first-order valence-electron chi connectivity index (χ1n) is 4.85. The highest BCUT2D eigenvalue weighted by molar-refractivity contribution is 5.61. The van der Waals surface area contributed by atoms with Crippen LogP contribution in [0.4, 0.5) is 5.69 Å². The first kappa shape index (κ1) is 13.4. The predicted octanol–water partition coefficient (Wildman–Crippen LogP) is 2.48. The minimum absolute atomic E-state index is 0.0176. The summed E-state index contributed by atoms with van der Waals surface area (Å²) >= 11 is 0. The van der Waals surface area contributed by atoms with E-state index in [0.29, 0.717) is 11.5 Å². The summed E-state index contributed by atoms with van der Waals surface area (Å²) in [5, 5.41) is 12.5. The number of rotatable bonds is 3. The van der Waals surface area contributed by atoms with Crippen LogP contribution in [0.25, 0.3) is 0 Å². The van der Waals surface area contributed by atoms with Crippen LogP contribution in [-0.4, -0.2) is 26.4 Å². The highest BCUT2D eigenvalue weighted by Gasteiger charge is 2.09. The molecule has 1 aromatic rings. The van der Waals surface area contributed by atoms with Gasteiger partial charge in [0.25, 0.3) is 0 Å². The summed E-state index contributed by atoms with van der Waals surface area (Å²) in [6.45, 7) is 4.00. The normalized spacial score (nSPS) is 8.60. The predicted molar refractivity (Wildman–Crippen MR) is 62.1 cm³/mol. The maximum atomic E-state index is 9.53. The van der Waals surface area contributed by atoms with E-state index in [1.54, 1.807) is 19.2 Å². The van der Waals surface area contributed by atoms with E-state index in [1.165, 1.54) is 14.2 Å². The number of aromatic hydroxyl groups is 1. The lowest BCUT2D eigenvalue weighted by atomic mass is 10.2. The molecule has 0 spiro atoms. The average molecular weight is 213 g/mol. The van der Waals surface area contributed by atoms with Gasteiger partial charge in [0.2, 0.25) is 5.75 Å². The molecule has 4 nitrogen and oxygen atoms in total. The molecule has 0 radical (unpaired) electrons. The van der Waals surface area contributed by atoms with Crippen LogP contribution < -0.4 is 14.8 Å². The van der Waals surface area contributed by atoms with E-state index >= 15 is 0 Å². The van der Waals surface area contributed by atoms with Crippen molar-refractivity contribution in [1.82, 2.24) is 0 Å². The smallest absolute Gasteiger partial charge is 0.200 e. The lowest BCUT2D eigenvalue weighted by Crippen LogP contribution is -1.93. The van der Waals surface area contributed by atoms with E-state index in [2.05, 4.69) is 5.32 Å². The summed E-state index contributed by atoms with van der Waals surface area (Å²) in [4.78, 5) is 0. The van der Waals surface area contributed by atoms with Crippen LogP contribution in [0.1, 0.15) is 13.8 Å². The van der Waals surface area contributed by atoms with Crippen LogP contribution >= 0.6 is 0 Å². The Morgan fingerprint density at radius 3 is 1.73 bits per heavy atom. The Labute approximate surface area is 90.8 Å². The van der Waals surface area contributed by atoms with Gasteiger partial charge in [-0.2, -0.15) is 0 Å². The van der Waals surface area contributed by atoms with Gasteiger partial charge < -0.3 is 19.9 Å². The van der Waals surface area contributed by atoms with Gasteiger partial charge in [0.05, 0.1) is 14.2 Å². The van der Waals surface area contributed by atoms with Crippen molar-refractivity contribution in [3.05, 3.63) is 12.1 Å². The number of anilines is 1. The molecule has 0 amide bonds. The van der Waals surface area contributed by atoms with Crippen LogP contribution in [0.3, 0.4) is 0 Å². The van der Waals surface area contributed by atoms with E-state index in [9.17, 15) is 5.11 Å². The highest BCUT2D eigenvalue weighted by Crippen LogP contribution is 2.38. The van der Waals surface area contributed by atoms with Gasteiger partial charge in [0, 0.05) is 24.9 Å². The van der Waals surface area contributed by atoms with Crippen LogP contribution in [0.2, 0.25) is 0 Å². The number of phenolic OH excluding ortho intramolecular Hbond substituents is 1. The topological polar surface area (TPSA) is 50.7 Å². The molecule has 0 aliphatic heterocycles. The third kappa shape index (κ3) is 3.23. The zero-order valence-corrected chi connectivity index (χ0v) is 9.92. The molecule has 0 aliphatic rings. The zero-order valence-electron chi connectivity index (χ0n) is 9.92. The van der Waals surface area contributed by atoms with Crippen molar-refractivity contribution in [2.45, 2.75) is 13.8 Å². The first-order valence-corrected chi connectivity index (χ1v) is 4.85. The Kier molecular flexibility index (Phi) is 6.09. The molecule has 86 valence electrons. The molecule has 2 N–H and O–H groups in total. The SMILES string of the molecule is CC.CNc1cc(OC)c(O)c(OC)c1. The molecule has 15 heavy (non-hydrogen) atoms. The Morgan fingerprint density at radius 1 is 1.07 bits per heavy atom. The van der Waals surface area contributed by atoms with Crippen molar-refractivity contribution in [3.63, 3.8) is 0 Å². The molecule has 1 aromatic carbocycles. The van der Waals surface area contributed by atoms with Gasteiger partial charge in [-0.25, -0.2) is 0 Å².